The van der Waals surface area contributed by atoms with Gasteiger partial charge in [0.15, 0.2) is 23.0 Å². The van der Waals surface area contributed by atoms with Crippen molar-refractivity contribution in [1.29, 1.82) is 0 Å². The molecule has 0 heterocycles. The summed E-state index contributed by atoms with van der Waals surface area (Å²) in [5.41, 5.74) is 2.75. The lowest BCUT2D eigenvalue weighted by Crippen LogP contribution is -2.05. The fraction of sp³-hybridized carbons (Fsp3) is 0.143. The minimum absolute atomic E-state index is 0.208. The Balaban J connectivity index is 2.41. The predicted molar refractivity (Wildman–Crippen MR) is 81.3 cm³/mol. The summed E-state index contributed by atoms with van der Waals surface area (Å²) in [6, 6.07) is 3.24. The minimum Gasteiger partial charge on any atom is -0.504 e. The molecule has 0 aliphatic heterocycles. The third-order valence-corrected chi connectivity index (χ3v) is 4.90. The number of hydrogen-bond acceptors (Lipinski definition) is 4. The van der Waals surface area contributed by atoms with E-state index in [4.69, 9.17) is 0 Å². The molecular weight excluding hydrogens is 392 g/mol. The zero-order chi connectivity index (χ0) is 14.6. The first-order chi connectivity index (χ1) is 9.41. The molecule has 1 aliphatic carbocycles. The Hall–Kier alpha value is -1.40. The van der Waals surface area contributed by atoms with Crippen molar-refractivity contribution >= 4 is 31.9 Å². The first-order valence-corrected chi connectivity index (χ1v) is 7.47. The summed E-state index contributed by atoms with van der Waals surface area (Å²) in [7, 11) is 0. The lowest BCUT2D eigenvalue weighted by Gasteiger charge is -2.24. The van der Waals surface area contributed by atoms with Gasteiger partial charge >= 0.3 is 0 Å². The average molecular weight is 402 g/mol. The van der Waals surface area contributed by atoms with Crippen LogP contribution in [0.15, 0.2) is 21.1 Å². The molecule has 2 aromatic carbocycles. The minimum atomic E-state index is -0.279. The van der Waals surface area contributed by atoms with Crippen LogP contribution in [0, 0.1) is 0 Å². The van der Waals surface area contributed by atoms with Crippen LogP contribution in [0.25, 0.3) is 11.1 Å². The van der Waals surface area contributed by atoms with Gasteiger partial charge in [0.25, 0.3) is 0 Å². The van der Waals surface area contributed by atoms with Crippen molar-refractivity contribution in [3.05, 3.63) is 32.2 Å². The second-order valence-corrected chi connectivity index (χ2v) is 6.33. The highest BCUT2D eigenvalue weighted by molar-refractivity contribution is 9.11. The summed E-state index contributed by atoms with van der Waals surface area (Å²) in [6.45, 7) is 0. The third-order valence-electron chi connectivity index (χ3n) is 3.53. The molecule has 0 amide bonds. The van der Waals surface area contributed by atoms with Gasteiger partial charge in [-0.2, -0.15) is 0 Å². The summed E-state index contributed by atoms with van der Waals surface area (Å²) in [4.78, 5) is 0. The van der Waals surface area contributed by atoms with Crippen molar-refractivity contribution in [2.24, 2.45) is 0 Å². The lowest BCUT2D eigenvalue weighted by atomic mass is 9.84. The maximum atomic E-state index is 10.2. The van der Waals surface area contributed by atoms with Crippen molar-refractivity contribution < 1.29 is 20.4 Å². The van der Waals surface area contributed by atoms with E-state index in [1.165, 1.54) is 6.07 Å². The second-order valence-electron chi connectivity index (χ2n) is 4.68. The molecule has 0 bridgehead atoms. The zero-order valence-electron chi connectivity index (χ0n) is 10.1. The molecule has 0 saturated carbocycles. The predicted octanol–water partition coefficient (Wildman–Crippen LogP) is 3.80. The van der Waals surface area contributed by atoms with E-state index in [1.54, 1.807) is 6.07 Å². The van der Waals surface area contributed by atoms with Crippen LogP contribution in [0.4, 0.5) is 0 Å². The van der Waals surface area contributed by atoms with Crippen molar-refractivity contribution in [3.63, 3.8) is 0 Å². The van der Waals surface area contributed by atoms with Crippen LogP contribution < -0.4 is 0 Å². The fourth-order valence-electron chi connectivity index (χ4n) is 2.57. The van der Waals surface area contributed by atoms with Gasteiger partial charge in [-0.3, -0.25) is 0 Å². The Labute approximate surface area is 131 Å². The molecule has 0 spiro atoms. The van der Waals surface area contributed by atoms with Gasteiger partial charge in [-0.15, -0.1) is 0 Å². The van der Waals surface area contributed by atoms with Crippen LogP contribution in [0.1, 0.15) is 11.1 Å². The van der Waals surface area contributed by atoms with E-state index in [0.717, 1.165) is 11.1 Å². The fourth-order valence-corrected chi connectivity index (χ4v) is 3.69. The number of aryl methyl sites for hydroxylation is 2. The highest BCUT2D eigenvalue weighted by atomic mass is 79.9. The molecule has 104 valence electrons. The van der Waals surface area contributed by atoms with E-state index in [0.29, 0.717) is 32.9 Å². The van der Waals surface area contributed by atoms with E-state index in [9.17, 15) is 20.4 Å². The maximum absolute atomic E-state index is 10.2. The van der Waals surface area contributed by atoms with E-state index in [2.05, 4.69) is 31.9 Å². The average Bonchev–Trinajstić information content (AvgIpc) is 2.42. The van der Waals surface area contributed by atoms with Crippen molar-refractivity contribution in [2.45, 2.75) is 12.8 Å². The van der Waals surface area contributed by atoms with Gasteiger partial charge in [0.1, 0.15) is 0 Å². The Morgan fingerprint density at radius 3 is 2.00 bits per heavy atom. The summed E-state index contributed by atoms with van der Waals surface area (Å²) in [5, 5.41) is 39.6. The Kier molecular flexibility index (Phi) is 3.10. The molecule has 20 heavy (non-hydrogen) atoms. The van der Waals surface area contributed by atoms with Crippen LogP contribution in [0.2, 0.25) is 0 Å². The molecule has 6 heteroatoms. The standard InChI is InChI=1S/C14H10Br2O4/c15-7-3-5-1-2-6-4-8(17)13(19)11(16)9(6)10(5)14(20)12(7)18/h3-4,17-20H,1-2H2. The van der Waals surface area contributed by atoms with Crippen LogP contribution in [-0.2, 0) is 12.8 Å². The summed E-state index contributed by atoms with van der Waals surface area (Å²) < 4.78 is 0.738. The molecule has 0 aromatic heterocycles. The first kappa shape index (κ1) is 13.6. The van der Waals surface area contributed by atoms with Gasteiger partial charge in [0, 0.05) is 11.1 Å². The molecule has 0 radical (unpaired) electrons. The Morgan fingerprint density at radius 2 is 1.35 bits per heavy atom. The molecule has 0 atom stereocenters. The van der Waals surface area contributed by atoms with Gasteiger partial charge in [0.2, 0.25) is 0 Å². The molecule has 0 fully saturated rings. The topological polar surface area (TPSA) is 80.9 Å². The maximum Gasteiger partial charge on any atom is 0.172 e. The zero-order valence-corrected chi connectivity index (χ0v) is 13.3. The van der Waals surface area contributed by atoms with Gasteiger partial charge in [0.05, 0.1) is 8.95 Å². The largest absolute Gasteiger partial charge is 0.504 e. The number of halogens is 2. The quantitative estimate of drug-likeness (QED) is 0.506. The SMILES string of the molecule is Oc1cc2c(c(Br)c1O)-c1c(cc(Br)c(O)c1O)CC2. The molecular formula is C14H10Br2O4. The first-order valence-electron chi connectivity index (χ1n) is 5.88. The molecule has 2 aromatic rings. The monoisotopic (exact) mass is 400 g/mol. The Morgan fingerprint density at radius 1 is 0.750 bits per heavy atom. The number of phenols is 4. The second kappa shape index (κ2) is 4.56. The number of hydrogen-bond donors (Lipinski definition) is 4. The smallest absolute Gasteiger partial charge is 0.172 e. The van der Waals surface area contributed by atoms with Gasteiger partial charge in [-0.1, -0.05) is 0 Å². The van der Waals surface area contributed by atoms with Gasteiger partial charge in [-0.25, -0.2) is 0 Å². The number of rotatable bonds is 0. The molecule has 4 nitrogen and oxygen atoms in total. The molecule has 4 N–H and O–H groups in total. The van der Waals surface area contributed by atoms with Gasteiger partial charge < -0.3 is 20.4 Å². The molecule has 1 aliphatic rings. The summed E-state index contributed by atoms with van der Waals surface area (Å²) >= 11 is 6.45. The highest BCUT2D eigenvalue weighted by Gasteiger charge is 2.27. The van der Waals surface area contributed by atoms with Crippen molar-refractivity contribution in [2.75, 3.05) is 0 Å². The summed E-state index contributed by atoms with van der Waals surface area (Å²) in [6.07, 6.45) is 1.34. The lowest BCUT2D eigenvalue weighted by molar-refractivity contribution is 0.398. The number of aromatic hydroxyl groups is 4. The number of benzene rings is 2. The number of fused-ring (bicyclic) bond motifs is 3. The molecule has 0 unspecified atom stereocenters. The number of phenolic OH excluding ortho intramolecular Hbond substituents is 4. The molecule has 3 rings (SSSR count). The van der Waals surface area contributed by atoms with Crippen molar-refractivity contribution in [1.82, 2.24) is 0 Å². The summed E-state index contributed by atoms with van der Waals surface area (Å²) in [5.74, 6) is -0.963. The van der Waals surface area contributed by atoms with Gasteiger partial charge in [-0.05, 0) is 68.0 Å². The van der Waals surface area contributed by atoms with Crippen LogP contribution in [0.3, 0.4) is 0 Å². The van der Waals surface area contributed by atoms with Crippen molar-refractivity contribution in [3.8, 4) is 34.1 Å². The van der Waals surface area contributed by atoms with Crippen LogP contribution >= 0.6 is 31.9 Å². The van der Waals surface area contributed by atoms with E-state index >= 15 is 0 Å². The molecule has 0 saturated heterocycles. The van der Waals surface area contributed by atoms with E-state index in [-0.39, 0.29) is 23.0 Å². The van der Waals surface area contributed by atoms with Crippen LogP contribution in [-0.4, -0.2) is 20.4 Å². The van der Waals surface area contributed by atoms with E-state index < -0.39 is 0 Å². The van der Waals surface area contributed by atoms with E-state index in [1.807, 2.05) is 0 Å². The van der Waals surface area contributed by atoms with Crippen LogP contribution in [0.5, 0.6) is 23.0 Å². The Bertz CT molecular complexity index is 677. The normalized spacial score (nSPS) is 12.9. The highest BCUT2D eigenvalue weighted by Crippen LogP contribution is 2.52. The third kappa shape index (κ3) is 1.78.